The molecule has 0 atom stereocenters. The number of benzene rings is 2. The van der Waals surface area contributed by atoms with Gasteiger partial charge in [-0.15, -0.1) is 0 Å². The van der Waals surface area contributed by atoms with Gasteiger partial charge in [-0.1, -0.05) is 37.6 Å². The van der Waals surface area contributed by atoms with E-state index < -0.39 is 15.9 Å². The third-order valence-corrected chi connectivity index (χ3v) is 7.26. The number of halogens is 1. The van der Waals surface area contributed by atoms with Gasteiger partial charge in [-0.2, -0.15) is 9.40 Å². The first kappa shape index (κ1) is 22.8. The van der Waals surface area contributed by atoms with Crippen molar-refractivity contribution in [2.45, 2.75) is 18.7 Å². The standard InChI is InChI=1S/C21H23ClN4O4S/c1-4-26(5-2)31(28,29)19-12-14(10-11-16(19)22)21(27)23-20-13-17(24-25-20)15-8-6-7-9-18(15)30-3/h6-13H,4-5H2,1-3H3,(H2,23,24,25,27). The normalized spacial score (nSPS) is 11.5. The number of methoxy groups -OCH3 is 1. The number of nitrogens with one attached hydrogen (secondary N) is 2. The Hall–Kier alpha value is -2.88. The monoisotopic (exact) mass is 462 g/mol. The van der Waals surface area contributed by atoms with E-state index in [1.54, 1.807) is 27.0 Å². The van der Waals surface area contributed by atoms with Crippen LogP contribution in [-0.4, -0.2) is 49.0 Å². The van der Waals surface area contributed by atoms with E-state index in [1.165, 1.54) is 22.5 Å². The lowest BCUT2D eigenvalue weighted by atomic mass is 10.1. The van der Waals surface area contributed by atoms with E-state index in [0.717, 1.165) is 5.56 Å². The van der Waals surface area contributed by atoms with Crippen molar-refractivity contribution in [2.24, 2.45) is 0 Å². The van der Waals surface area contributed by atoms with E-state index in [-0.39, 0.29) is 21.3 Å². The van der Waals surface area contributed by atoms with Crippen LogP contribution >= 0.6 is 11.6 Å². The van der Waals surface area contributed by atoms with Gasteiger partial charge in [-0.05, 0) is 30.3 Å². The zero-order valence-corrected chi connectivity index (χ0v) is 18.9. The molecule has 0 saturated carbocycles. The Morgan fingerprint density at radius 3 is 2.55 bits per heavy atom. The molecule has 0 radical (unpaired) electrons. The average Bonchev–Trinajstić information content (AvgIpc) is 3.22. The fraction of sp³-hybridized carbons (Fsp3) is 0.238. The summed E-state index contributed by atoms with van der Waals surface area (Å²) in [5.74, 6) is 0.438. The fourth-order valence-electron chi connectivity index (χ4n) is 3.12. The van der Waals surface area contributed by atoms with E-state index in [0.29, 0.717) is 24.5 Å². The molecular formula is C21H23ClN4O4S. The summed E-state index contributed by atoms with van der Waals surface area (Å²) in [6.45, 7) is 4.07. The van der Waals surface area contributed by atoms with Crippen molar-refractivity contribution in [3.05, 3.63) is 59.1 Å². The third kappa shape index (κ3) is 4.73. The van der Waals surface area contributed by atoms with Crippen molar-refractivity contribution in [3.8, 4) is 17.0 Å². The molecule has 31 heavy (non-hydrogen) atoms. The molecule has 8 nitrogen and oxygen atoms in total. The highest BCUT2D eigenvalue weighted by atomic mass is 35.5. The Labute approximate surface area is 186 Å². The van der Waals surface area contributed by atoms with Gasteiger partial charge >= 0.3 is 0 Å². The Balaban J connectivity index is 1.86. The molecule has 2 aromatic carbocycles. The number of carbonyl (C=O) groups is 1. The number of hydrogen-bond acceptors (Lipinski definition) is 5. The SMILES string of the molecule is CCN(CC)S(=O)(=O)c1cc(C(=O)Nc2cc(-c3ccccc3OC)[nH]n2)ccc1Cl. The van der Waals surface area contributed by atoms with Crippen molar-refractivity contribution in [1.82, 2.24) is 14.5 Å². The maximum atomic E-state index is 12.8. The Bertz CT molecular complexity index is 1190. The molecule has 164 valence electrons. The molecule has 0 aliphatic carbocycles. The van der Waals surface area contributed by atoms with Crippen molar-refractivity contribution < 1.29 is 17.9 Å². The summed E-state index contributed by atoms with van der Waals surface area (Å²) in [5, 5.41) is 9.70. The Morgan fingerprint density at radius 2 is 1.87 bits per heavy atom. The summed E-state index contributed by atoms with van der Waals surface area (Å²) in [6.07, 6.45) is 0. The second-order valence-electron chi connectivity index (χ2n) is 6.56. The molecule has 3 aromatic rings. The molecule has 3 rings (SSSR count). The van der Waals surface area contributed by atoms with Crippen LogP contribution in [0.3, 0.4) is 0 Å². The van der Waals surface area contributed by atoms with E-state index in [1.807, 2.05) is 24.3 Å². The second kappa shape index (κ2) is 9.51. The van der Waals surface area contributed by atoms with Gasteiger partial charge in [0.15, 0.2) is 5.82 Å². The number of anilines is 1. The van der Waals surface area contributed by atoms with Gasteiger partial charge in [0.05, 0.1) is 17.8 Å². The minimum absolute atomic E-state index is 0.0571. The maximum absolute atomic E-state index is 12.8. The van der Waals surface area contributed by atoms with Crippen molar-refractivity contribution in [2.75, 3.05) is 25.5 Å². The summed E-state index contributed by atoms with van der Waals surface area (Å²) < 4.78 is 32.3. The first-order valence-corrected chi connectivity index (χ1v) is 11.4. The molecule has 2 N–H and O–H groups in total. The van der Waals surface area contributed by atoms with Crippen LogP contribution in [0.4, 0.5) is 5.82 Å². The van der Waals surface area contributed by atoms with Crippen molar-refractivity contribution in [3.63, 3.8) is 0 Å². The van der Waals surface area contributed by atoms with Gasteiger partial charge in [0.2, 0.25) is 10.0 Å². The van der Waals surface area contributed by atoms with E-state index in [2.05, 4.69) is 15.5 Å². The largest absolute Gasteiger partial charge is 0.496 e. The summed E-state index contributed by atoms with van der Waals surface area (Å²) in [7, 11) is -2.24. The average molecular weight is 463 g/mol. The minimum Gasteiger partial charge on any atom is -0.496 e. The van der Waals surface area contributed by atoms with Crippen LogP contribution in [0.15, 0.2) is 53.4 Å². The van der Waals surface area contributed by atoms with Crippen LogP contribution in [-0.2, 0) is 10.0 Å². The molecule has 0 unspecified atom stereocenters. The van der Waals surface area contributed by atoms with Crippen LogP contribution in [0, 0.1) is 0 Å². The Kier molecular flexibility index (Phi) is 6.99. The van der Waals surface area contributed by atoms with Crippen LogP contribution in [0.1, 0.15) is 24.2 Å². The summed E-state index contributed by atoms with van der Waals surface area (Å²) in [6, 6.07) is 13.2. The molecule has 0 aliphatic heterocycles. The smallest absolute Gasteiger partial charge is 0.256 e. The van der Waals surface area contributed by atoms with E-state index >= 15 is 0 Å². The number of sulfonamides is 1. The van der Waals surface area contributed by atoms with Crippen LogP contribution in [0.5, 0.6) is 5.75 Å². The quantitative estimate of drug-likeness (QED) is 0.526. The number of carbonyl (C=O) groups excluding carboxylic acids is 1. The number of nitrogens with zero attached hydrogens (tertiary/aromatic N) is 2. The lowest BCUT2D eigenvalue weighted by molar-refractivity contribution is 0.102. The predicted molar refractivity (Wildman–Crippen MR) is 120 cm³/mol. The molecule has 1 heterocycles. The molecule has 1 aromatic heterocycles. The number of aromatic nitrogens is 2. The number of rotatable bonds is 8. The zero-order chi connectivity index (χ0) is 22.6. The summed E-state index contributed by atoms with van der Waals surface area (Å²) >= 11 is 6.14. The van der Waals surface area contributed by atoms with Gasteiger partial charge in [-0.25, -0.2) is 8.42 Å². The van der Waals surface area contributed by atoms with Crippen molar-refractivity contribution >= 4 is 33.3 Å². The van der Waals surface area contributed by atoms with Gasteiger partial charge in [0.1, 0.15) is 10.6 Å². The lowest BCUT2D eigenvalue weighted by Gasteiger charge is -2.19. The molecular weight excluding hydrogens is 440 g/mol. The number of aromatic amines is 1. The number of amides is 1. The third-order valence-electron chi connectivity index (χ3n) is 4.73. The molecule has 0 spiro atoms. The van der Waals surface area contributed by atoms with E-state index in [9.17, 15) is 13.2 Å². The number of ether oxygens (including phenoxy) is 1. The zero-order valence-electron chi connectivity index (χ0n) is 17.3. The number of H-pyrrole nitrogens is 1. The van der Waals surface area contributed by atoms with Gasteiger partial charge in [0.25, 0.3) is 5.91 Å². The molecule has 0 aliphatic rings. The summed E-state index contributed by atoms with van der Waals surface area (Å²) in [4.78, 5) is 12.6. The highest BCUT2D eigenvalue weighted by molar-refractivity contribution is 7.89. The van der Waals surface area contributed by atoms with Crippen LogP contribution < -0.4 is 10.1 Å². The van der Waals surface area contributed by atoms with Crippen LogP contribution in [0.25, 0.3) is 11.3 Å². The lowest BCUT2D eigenvalue weighted by Crippen LogP contribution is -2.31. The summed E-state index contributed by atoms with van der Waals surface area (Å²) in [5.41, 5.74) is 1.60. The maximum Gasteiger partial charge on any atom is 0.256 e. The van der Waals surface area contributed by atoms with E-state index in [4.69, 9.17) is 16.3 Å². The molecule has 1 amide bonds. The molecule has 0 bridgehead atoms. The highest BCUT2D eigenvalue weighted by Crippen LogP contribution is 2.30. The first-order valence-electron chi connectivity index (χ1n) is 9.61. The minimum atomic E-state index is -3.81. The number of hydrogen-bond donors (Lipinski definition) is 2. The van der Waals surface area contributed by atoms with Crippen LogP contribution in [0.2, 0.25) is 5.02 Å². The highest BCUT2D eigenvalue weighted by Gasteiger charge is 2.25. The topological polar surface area (TPSA) is 104 Å². The van der Waals surface area contributed by atoms with Gasteiger partial charge in [-0.3, -0.25) is 9.89 Å². The second-order valence-corrected chi connectivity index (χ2v) is 8.87. The van der Waals surface area contributed by atoms with Gasteiger partial charge < -0.3 is 10.1 Å². The Morgan fingerprint density at radius 1 is 1.16 bits per heavy atom. The van der Waals surface area contributed by atoms with Gasteiger partial charge in [0, 0.05) is 30.3 Å². The number of para-hydroxylation sites is 1. The predicted octanol–water partition coefficient (Wildman–Crippen LogP) is 4.02. The molecule has 10 heteroatoms. The van der Waals surface area contributed by atoms with Crippen molar-refractivity contribution in [1.29, 1.82) is 0 Å². The first-order chi connectivity index (χ1) is 14.8. The fourth-order valence-corrected chi connectivity index (χ4v) is 5.08. The molecule has 0 fully saturated rings. The molecule has 0 saturated heterocycles.